The number of hydrogen-bond donors (Lipinski definition) is 2. The molecule has 0 saturated heterocycles. The van der Waals surface area contributed by atoms with Crippen molar-refractivity contribution in [2.24, 2.45) is 5.73 Å². The third-order valence-corrected chi connectivity index (χ3v) is 2.54. The molecule has 1 aromatic carbocycles. The number of ether oxygens (including phenoxy) is 2. The van der Waals surface area contributed by atoms with Crippen LogP contribution in [-0.4, -0.2) is 31.1 Å². The molecule has 0 fully saturated rings. The molecule has 1 amide bonds. The van der Waals surface area contributed by atoms with Crippen molar-refractivity contribution in [2.75, 3.05) is 18.5 Å². The quantitative estimate of drug-likeness (QED) is 0.339. The van der Waals surface area contributed by atoms with Crippen LogP contribution in [0.2, 0.25) is 0 Å². The van der Waals surface area contributed by atoms with E-state index in [0.29, 0.717) is 11.3 Å². The smallest absolute Gasteiger partial charge is 0.347 e. The molecule has 7 heteroatoms. The zero-order valence-corrected chi connectivity index (χ0v) is 12.4. The molecule has 0 aliphatic carbocycles. The predicted molar refractivity (Wildman–Crippen MR) is 79.9 cm³/mol. The van der Waals surface area contributed by atoms with Crippen LogP contribution in [0.4, 0.5) is 5.69 Å². The van der Waals surface area contributed by atoms with Gasteiger partial charge in [0.05, 0.1) is 13.2 Å². The first-order valence-corrected chi connectivity index (χ1v) is 6.70. The van der Waals surface area contributed by atoms with Crippen LogP contribution >= 0.6 is 0 Å². The van der Waals surface area contributed by atoms with Gasteiger partial charge in [-0.25, -0.2) is 9.59 Å². The van der Waals surface area contributed by atoms with Crippen molar-refractivity contribution in [2.45, 2.75) is 13.8 Å². The summed E-state index contributed by atoms with van der Waals surface area (Å²) < 4.78 is 9.60. The summed E-state index contributed by atoms with van der Waals surface area (Å²) in [6.45, 7) is 3.55. The third-order valence-electron chi connectivity index (χ3n) is 2.54. The van der Waals surface area contributed by atoms with E-state index >= 15 is 0 Å². The average molecular weight is 306 g/mol. The second kappa shape index (κ2) is 8.46. The maximum atomic E-state index is 11.7. The van der Waals surface area contributed by atoms with Crippen LogP contribution in [0.25, 0.3) is 0 Å². The molecule has 0 aliphatic rings. The molecule has 0 heterocycles. The summed E-state index contributed by atoms with van der Waals surface area (Å²) in [4.78, 5) is 34.4. The number of anilines is 1. The van der Waals surface area contributed by atoms with Gasteiger partial charge in [0.1, 0.15) is 0 Å². The van der Waals surface area contributed by atoms with E-state index in [1.165, 1.54) is 18.3 Å². The van der Waals surface area contributed by atoms with Crippen LogP contribution in [0.5, 0.6) is 0 Å². The zero-order chi connectivity index (χ0) is 16.5. The van der Waals surface area contributed by atoms with Crippen molar-refractivity contribution in [3.8, 4) is 0 Å². The number of benzene rings is 1. The number of nitrogens with one attached hydrogen (secondary N) is 1. The monoisotopic (exact) mass is 306 g/mol. The standard InChI is InChI=1S/C15H18N2O5/c1-3-21-14(19)12(15(20)22-4-2)9-17-11-7-5-10(6-8-11)13(16)18/h5-9,17H,3-4H2,1-2H3,(H2,16,18). The summed E-state index contributed by atoms with van der Waals surface area (Å²) in [5, 5.41) is 2.77. The molecule has 0 spiro atoms. The molecule has 0 atom stereocenters. The maximum absolute atomic E-state index is 11.7. The van der Waals surface area contributed by atoms with Crippen LogP contribution < -0.4 is 11.1 Å². The van der Waals surface area contributed by atoms with E-state index in [4.69, 9.17) is 15.2 Å². The second-order valence-electron chi connectivity index (χ2n) is 4.08. The lowest BCUT2D eigenvalue weighted by atomic mass is 10.2. The summed E-state index contributed by atoms with van der Waals surface area (Å²) in [5.74, 6) is -2.09. The summed E-state index contributed by atoms with van der Waals surface area (Å²) in [7, 11) is 0. The van der Waals surface area contributed by atoms with Crippen LogP contribution in [0.1, 0.15) is 24.2 Å². The Balaban J connectivity index is 2.89. The molecule has 0 unspecified atom stereocenters. The van der Waals surface area contributed by atoms with Crippen LogP contribution in [0.3, 0.4) is 0 Å². The summed E-state index contributed by atoms with van der Waals surface area (Å²) in [6, 6.07) is 6.22. The average Bonchev–Trinajstić information content (AvgIpc) is 2.48. The van der Waals surface area contributed by atoms with E-state index in [1.807, 2.05) is 0 Å². The van der Waals surface area contributed by atoms with Gasteiger partial charge in [-0.1, -0.05) is 0 Å². The highest BCUT2D eigenvalue weighted by atomic mass is 16.6. The Morgan fingerprint density at radius 3 is 1.95 bits per heavy atom. The minimum Gasteiger partial charge on any atom is -0.462 e. The fourth-order valence-corrected chi connectivity index (χ4v) is 1.51. The topological polar surface area (TPSA) is 108 Å². The molecule has 7 nitrogen and oxygen atoms in total. The summed E-state index contributed by atoms with van der Waals surface area (Å²) >= 11 is 0. The largest absolute Gasteiger partial charge is 0.462 e. The molecule has 0 saturated carbocycles. The number of primary amides is 1. The lowest BCUT2D eigenvalue weighted by molar-refractivity contribution is -0.146. The molecule has 0 radical (unpaired) electrons. The van der Waals surface area contributed by atoms with Gasteiger partial charge in [-0.05, 0) is 38.1 Å². The van der Waals surface area contributed by atoms with Gasteiger partial charge in [0.15, 0.2) is 5.57 Å². The van der Waals surface area contributed by atoms with Gasteiger partial charge in [0.25, 0.3) is 0 Å². The summed E-state index contributed by atoms with van der Waals surface area (Å²) in [5.41, 5.74) is 5.81. The van der Waals surface area contributed by atoms with Gasteiger partial charge in [0.2, 0.25) is 5.91 Å². The predicted octanol–water partition coefficient (Wildman–Crippen LogP) is 1.21. The van der Waals surface area contributed by atoms with Crippen molar-refractivity contribution in [1.82, 2.24) is 0 Å². The minimum atomic E-state index is -0.776. The normalized spacial score (nSPS) is 9.55. The Kier molecular flexibility index (Phi) is 6.62. The van der Waals surface area contributed by atoms with Crippen molar-refractivity contribution < 1.29 is 23.9 Å². The fraction of sp³-hybridized carbons (Fsp3) is 0.267. The van der Waals surface area contributed by atoms with Crippen molar-refractivity contribution in [3.05, 3.63) is 41.6 Å². The van der Waals surface area contributed by atoms with E-state index in [2.05, 4.69) is 5.32 Å². The van der Waals surface area contributed by atoms with Crippen LogP contribution in [-0.2, 0) is 19.1 Å². The highest BCUT2D eigenvalue weighted by Gasteiger charge is 2.20. The first kappa shape index (κ1) is 17.2. The first-order valence-electron chi connectivity index (χ1n) is 6.70. The maximum Gasteiger partial charge on any atom is 0.347 e. The fourth-order valence-electron chi connectivity index (χ4n) is 1.51. The van der Waals surface area contributed by atoms with Crippen LogP contribution in [0.15, 0.2) is 36.0 Å². The minimum absolute atomic E-state index is 0.142. The number of carbonyl (C=O) groups is 3. The van der Waals surface area contributed by atoms with Crippen molar-refractivity contribution >= 4 is 23.5 Å². The lowest BCUT2D eigenvalue weighted by Crippen LogP contribution is -2.19. The molecule has 0 bridgehead atoms. The van der Waals surface area contributed by atoms with E-state index in [1.54, 1.807) is 26.0 Å². The number of carbonyl (C=O) groups excluding carboxylic acids is 3. The van der Waals surface area contributed by atoms with E-state index in [9.17, 15) is 14.4 Å². The highest BCUT2D eigenvalue weighted by Crippen LogP contribution is 2.11. The Morgan fingerprint density at radius 2 is 1.55 bits per heavy atom. The Morgan fingerprint density at radius 1 is 1.05 bits per heavy atom. The molecule has 22 heavy (non-hydrogen) atoms. The molecule has 3 N–H and O–H groups in total. The molecular formula is C15H18N2O5. The Bertz CT molecular complexity index is 558. The van der Waals surface area contributed by atoms with Gasteiger partial charge < -0.3 is 20.5 Å². The molecule has 118 valence electrons. The van der Waals surface area contributed by atoms with E-state index in [0.717, 1.165) is 0 Å². The SMILES string of the molecule is CCOC(=O)C(=CNc1ccc(C(N)=O)cc1)C(=O)OCC. The number of hydrogen-bond acceptors (Lipinski definition) is 6. The van der Waals surface area contributed by atoms with Crippen LogP contribution in [0, 0.1) is 0 Å². The van der Waals surface area contributed by atoms with Gasteiger partial charge in [-0.15, -0.1) is 0 Å². The molecule has 0 aromatic heterocycles. The number of rotatable bonds is 7. The number of esters is 2. The third kappa shape index (κ3) is 4.93. The zero-order valence-electron chi connectivity index (χ0n) is 12.4. The van der Waals surface area contributed by atoms with Gasteiger partial charge >= 0.3 is 11.9 Å². The molecular weight excluding hydrogens is 288 g/mol. The molecule has 1 rings (SSSR count). The number of amides is 1. The second-order valence-corrected chi connectivity index (χ2v) is 4.08. The Hall–Kier alpha value is -2.83. The first-order chi connectivity index (χ1) is 10.5. The lowest BCUT2D eigenvalue weighted by Gasteiger charge is -2.08. The van der Waals surface area contributed by atoms with Gasteiger partial charge in [-0.2, -0.15) is 0 Å². The highest BCUT2D eigenvalue weighted by molar-refractivity contribution is 6.14. The number of nitrogens with two attached hydrogens (primary N) is 1. The molecule has 0 aliphatic heterocycles. The van der Waals surface area contributed by atoms with Gasteiger partial charge in [0, 0.05) is 17.5 Å². The van der Waals surface area contributed by atoms with E-state index in [-0.39, 0.29) is 18.8 Å². The molecule has 1 aromatic rings. The van der Waals surface area contributed by atoms with Crippen molar-refractivity contribution in [3.63, 3.8) is 0 Å². The van der Waals surface area contributed by atoms with Crippen molar-refractivity contribution in [1.29, 1.82) is 0 Å². The Labute approximate surface area is 128 Å². The van der Waals surface area contributed by atoms with Gasteiger partial charge in [-0.3, -0.25) is 4.79 Å². The summed E-state index contributed by atoms with van der Waals surface area (Å²) in [6.07, 6.45) is 1.20. The van der Waals surface area contributed by atoms with E-state index < -0.39 is 17.8 Å².